The fraction of sp³-hybridized carbons (Fsp3) is 0.582. The highest BCUT2D eigenvalue weighted by atomic mass is 16.5. The van der Waals surface area contributed by atoms with Crippen LogP contribution in [0.2, 0.25) is 0 Å². The third-order valence-corrected chi connectivity index (χ3v) is 28.7. The van der Waals surface area contributed by atoms with Crippen molar-refractivity contribution in [2.75, 3.05) is 146 Å². The maximum absolute atomic E-state index is 7.24. The van der Waals surface area contributed by atoms with Crippen molar-refractivity contribution in [2.45, 2.75) is 237 Å². The molecule has 0 amide bonds. The summed E-state index contributed by atoms with van der Waals surface area (Å²) in [6, 6.07) is 20.5. The van der Waals surface area contributed by atoms with E-state index in [2.05, 4.69) is 204 Å². The molecule has 127 heavy (non-hydrogen) atoms. The Morgan fingerprint density at radius 1 is 0.402 bits per heavy atom. The van der Waals surface area contributed by atoms with E-state index in [1.54, 1.807) is 48.2 Å². The summed E-state index contributed by atoms with van der Waals surface area (Å²) in [5, 5.41) is 19.0. The Labute approximate surface area is 765 Å². The lowest BCUT2D eigenvalue weighted by Gasteiger charge is -2.53. The molecule has 1 N–H and O–H groups in total. The summed E-state index contributed by atoms with van der Waals surface area (Å²) in [7, 11) is 27.9. The molecule has 17 nitrogen and oxygen atoms in total. The molecule has 6 fully saturated rings. The maximum Gasteiger partial charge on any atom is 0.0981 e. The highest BCUT2D eigenvalue weighted by Crippen LogP contribution is 2.72. The van der Waals surface area contributed by atoms with Crippen LogP contribution in [0, 0.1) is 34.0 Å². The van der Waals surface area contributed by atoms with Gasteiger partial charge in [-0.3, -0.25) is 10.1 Å². The van der Waals surface area contributed by atoms with E-state index in [1.165, 1.54) is 94.5 Å². The molecule has 694 valence electrons. The van der Waals surface area contributed by atoms with E-state index in [1.807, 2.05) is 144 Å². The van der Waals surface area contributed by atoms with Gasteiger partial charge in [0.15, 0.2) is 0 Å². The van der Waals surface area contributed by atoms with Gasteiger partial charge < -0.3 is 57.3 Å². The minimum atomic E-state index is -0.130. The number of nitrogens with zero attached hydrogens (tertiary/aromatic N) is 7. The van der Waals surface area contributed by atoms with Crippen molar-refractivity contribution in [3.05, 3.63) is 226 Å². The molecule has 3 saturated carbocycles. The Hall–Kier alpha value is -7.46. The predicted octanol–water partition coefficient (Wildman–Crippen LogP) is 23.4. The zero-order chi connectivity index (χ0) is 92.3. The Bertz CT molecular complexity index is 4880. The van der Waals surface area contributed by atoms with Gasteiger partial charge in [-0.15, -0.1) is 0 Å². The molecule has 21 rings (SSSR count). The quantitative estimate of drug-likeness (QED) is 0.0928. The van der Waals surface area contributed by atoms with Crippen molar-refractivity contribution >= 4 is 44.6 Å². The van der Waals surface area contributed by atoms with Crippen LogP contribution in [0.25, 0.3) is 38.4 Å². The van der Waals surface area contributed by atoms with Crippen LogP contribution in [0.15, 0.2) is 203 Å². The smallest absolute Gasteiger partial charge is 0.0981 e. The van der Waals surface area contributed by atoms with E-state index in [0.717, 1.165) is 158 Å². The molecule has 12 atom stereocenters. The van der Waals surface area contributed by atoms with Crippen molar-refractivity contribution in [1.29, 1.82) is 0 Å². The lowest BCUT2D eigenvalue weighted by atomic mass is 9.58. The van der Waals surface area contributed by atoms with Crippen LogP contribution in [0.5, 0.6) is 0 Å². The van der Waals surface area contributed by atoms with Crippen molar-refractivity contribution in [3.63, 3.8) is 0 Å². The fourth-order valence-corrected chi connectivity index (χ4v) is 23.2. The van der Waals surface area contributed by atoms with E-state index >= 15 is 0 Å². The molecule has 2 aromatic heterocycles. The lowest BCUT2D eigenvalue weighted by Crippen LogP contribution is -2.53. The summed E-state index contributed by atoms with van der Waals surface area (Å²) in [6.07, 6.45) is 53.7. The van der Waals surface area contributed by atoms with Gasteiger partial charge in [0, 0.05) is 118 Å². The summed E-state index contributed by atoms with van der Waals surface area (Å²) < 4.78 is 49.6. The van der Waals surface area contributed by atoms with Crippen LogP contribution in [-0.2, 0) is 49.2 Å². The summed E-state index contributed by atoms with van der Waals surface area (Å²) in [5.74, 6) is 1.52. The van der Waals surface area contributed by atoms with Gasteiger partial charge in [-0.25, -0.2) is 0 Å². The number of aromatic amines is 1. The van der Waals surface area contributed by atoms with Gasteiger partial charge in [-0.05, 0) is 275 Å². The normalized spacial score (nSPS) is 30.3. The number of H-pyrrole nitrogens is 1. The Morgan fingerprint density at radius 3 is 1.09 bits per heavy atom. The summed E-state index contributed by atoms with van der Waals surface area (Å²) in [4.78, 5) is 10.5. The van der Waals surface area contributed by atoms with Crippen molar-refractivity contribution < 1.29 is 42.6 Å². The van der Waals surface area contributed by atoms with Gasteiger partial charge in [0.25, 0.3) is 0 Å². The number of allylic oxidation sites excluding steroid dienone is 9. The molecule has 6 bridgehead atoms. The zero-order valence-corrected chi connectivity index (χ0v) is 82.7. The monoisotopic (exact) mass is 1740 g/mol. The lowest BCUT2D eigenvalue weighted by molar-refractivity contribution is -0.123. The van der Waals surface area contributed by atoms with Crippen molar-refractivity contribution in [2.24, 2.45) is 39.0 Å². The molecule has 17 heteroatoms. The molecular weight excluding hydrogens is 1580 g/mol. The molecule has 9 aliphatic carbocycles. The number of nitrogens with one attached hydrogen (secondary N) is 1. The van der Waals surface area contributed by atoms with Crippen LogP contribution in [0.1, 0.15) is 225 Å². The number of methoxy groups -OCH3 is 6. The van der Waals surface area contributed by atoms with Gasteiger partial charge in [-0.2, -0.15) is 15.3 Å². The van der Waals surface area contributed by atoms with Crippen LogP contribution < -0.4 is 0 Å². The molecule has 6 spiro atoms. The first-order valence-corrected chi connectivity index (χ1v) is 47.5. The van der Waals surface area contributed by atoms with E-state index in [9.17, 15) is 0 Å². The number of hydrogen-bond acceptors (Lipinski definition) is 16. The summed E-state index contributed by atoms with van der Waals surface area (Å²) in [5.41, 5.74) is 25.2. The second-order valence-electron chi connectivity index (χ2n) is 38.7. The molecule has 9 heterocycles. The molecule has 5 aromatic rings. The highest BCUT2D eigenvalue weighted by molar-refractivity contribution is 5.89. The molecule has 3 unspecified atom stereocenters. The number of rotatable bonds is 12. The third kappa shape index (κ3) is 21.2. The van der Waals surface area contributed by atoms with Crippen molar-refractivity contribution in [3.8, 4) is 0 Å². The minimum Gasteiger partial charge on any atom is -0.382 e. The predicted molar refractivity (Wildman–Crippen MR) is 529 cm³/mol. The third-order valence-electron chi connectivity index (χ3n) is 28.7. The van der Waals surface area contributed by atoms with Gasteiger partial charge in [-0.1, -0.05) is 190 Å². The maximum atomic E-state index is 7.24. The van der Waals surface area contributed by atoms with E-state index < -0.39 is 0 Å². The first kappa shape index (κ1) is 102. The average Bonchev–Trinajstić information content (AvgIpc) is 1.54. The Kier molecular flexibility index (Phi) is 35.7. The van der Waals surface area contributed by atoms with Gasteiger partial charge in [0.1, 0.15) is 0 Å². The Morgan fingerprint density at radius 2 is 0.732 bits per heavy atom. The zero-order valence-electron chi connectivity index (χ0n) is 82.7. The van der Waals surface area contributed by atoms with E-state index in [-0.39, 0.29) is 49.9 Å². The number of aliphatic imine (C=N–C) groups is 1. The topological polar surface area (TPSA) is 160 Å². The molecular formula is C110H160N8O9. The molecule has 3 saturated heterocycles. The van der Waals surface area contributed by atoms with E-state index in [0.29, 0.717) is 57.4 Å². The molecule has 0 radical (unpaired) electrons. The Balaban J connectivity index is 0.000000167. The molecule has 16 aliphatic rings. The second kappa shape index (κ2) is 44.6. The fourth-order valence-electron chi connectivity index (χ4n) is 23.2. The largest absolute Gasteiger partial charge is 0.382 e. The highest BCUT2D eigenvalue weighted by Gasteiger charge is 2.68. The first-order valence-electron chi connectivity index (χ1n) is 47.5. The van der Waals surface area contributed by atoms with Gasteiger partial charge >= 0.3 is 0 Å². The SMILES string of the molecule is C=C1CCC2=CC3=CC[C@]4(C)C(c5ccc6c(c5)C=NC6)=CC[C@H]4C34CC[C@]2(C1)O4.C=C1CCC2=CC3=CC[C@]4(C)C(c5ccc6cn[nH]c6c5)=CC[C@H]4C34CC[C@]2(C1)O4.C=C1CCC2=CC3=CC[C@]4(C)C(c5ccc6cnncc6c5)=CC[C@H]4C34CC[C@]2(C1)O4.CC.CC.CC.CN(C)C.CN(C)C.CN(C)C.COCCOC.COCCOC.COCCOC. The van der Waals surface area contributed by atoms with Gasteiger partial charge in [0.05, 0.1) is 104 Å². The average molecular weight is 1740 g/mol. The second-order valence-corrected chi connectivity index (χ2v) is 38.7. The summed E-state index contributed by atoms with van der Waals surface area (Å²) >= 11 is 0. The molecule has 7 aliphatic heterocycles. The van der Waals surface area contributed by atoms with Crippen LogP contribution in [-0.4, -0.2) is 221 Å². The van der Waals surface area contributed by atoms with Crippen LogP contribution >= 0.6 is 0 Å². The molecule has 3 aromatic carbocycles. The number of fused-ring (bicyclic) bond motifs is 6. The van der Waals surface area contributed by atoms with Crippen LogP contribution in [0.3, 0.4) is 0 Å². The van der Waals surface area contributed by atoms with Crippen molar-refractivity contribution in [1.82, 2.24) is 35.1 Å². The van der Waals surface area contributed by atoms with E-state index in [4.69, 9.17) is 14.2 Å². The van der Waals surface area contributed by atoms with Gasteiger partial charge in [0.2, 0.25) is 0 Å². The standard InChI is InChI=1S/C28H28N2O.C28H29NO.C27H28N2O.3C4H10O2.3C3H9N.3C2H6/c1-18-3-6-22-14-23-9-10-26(2)24(19-4-5-20-16-29-30-17-21(20)13-19)7-8-25(26)28(23)12-11-27(22,15-18)31-28;1-18-3-6-22-14-23-9-10-26(2)24(19-4-5-20-16-29-17-21(20)13-19)7-8-25(26)28(23)12-11-27(22,15-18)30-28;1-17-3-6-20-14-21-9-10-25(2)22(18-4-5-19-16-28-29-23(19)13-18)7-8-24(25)27(21)12-11-26(20,15-17)30-27;3*1-5-3-4-6-2;3*1-4(2)3;3*1-2/h4-5,7,9,13-14,16-17,25H,1,3,6,8,10-12,15H2,2H3;4-5,7,9,13-14,17,25H,1,3,6,8,10-12,15-16H2,2H3;4-5,7,9,13-14,16,24H,1,3,6,8,10-12,15H2,2H3,(H,28,29);3*3-4H2,1-2H3;3*1-3H3;3*1-2H3/t2*25-,26-,27-,28?;24-,25-,26-,27?;;;;;;;;;/m111........./s1. The number of ether oxygens (including phenoxy) is 9. The van der Waals surface area contributed by atoms with Crippen LogP contribution in [0.4, 0.5) is 0 Å². The number of aromatic nitrogens is 4. The number of benzene rings is 3. The first-order chi connectivity index (χ1) is 61.0. The number of hydrogen-bond donors (Lipinski definition) is 1. The summed E-state index contributed by atoms with van der Waals surface area (Å²) in [6.45, 7) is 37.4. The minimum absolute atomic E-state index is 0.0578.